The summed E-state index contributed by atoms with van der Waals surface area (Å²) in [5.41, 5.74) is -0.0138. The SMILES string of the molecule is [CH][N+](C)(C)Cc1ccc(CSCC[N+]([CH])(C)/C(=C(\C)[N+](=O)[O-])[N+]([CH])(C)CC)o1. The minimum absolute atomic E-state index is 0.0138. The van der Waals surface area contributed by atoms with Gasteiger partial charge in [-0.05, 0) is 19.1 Å². The van der Waals surface area contributed by atoms with E-state index in [9.17, 15) is 10.1 Å². The average molecular weight is 410 g/mol. The number of rotatable bonds is 11. The van der Waals surface area contributed by atoms with Gasteiger partial charge in [0, 0.05) is 12.7 Å². The van der Waals surface area contributed by atoms with Crippen LogP contribution in [0, 0.1) is 31.3 Å². The fraction of sp³-hybridized carbons (Fsp3) is 0.550. The van der Waals surface area contributed by atoms with Crippen LogP contribution in [0.1, 0.15) is 25.4 Å². The van der Waals surface area contributed by atoms with Crippen LogP contribution in [0.2, 0.25) is 0 Å². The number of hydrogen-bond donors (Lipinski definition) is 0. The molecule has 0 aliphatic rings. The maximum absolute atomic E-state index is 11.4. The molecule has 0 aromatic carbocycles. The molecule has 0 aliphatic carbocycles. The van der Waals surface area contributed by atoms with Gasteiger partial charge in [-0.1, -0.05) is 0 Å². The van der Waals surface area contributed by atoms with E-state index in [1.54, 1.807) is 25.9 Å². The highest BCUT2D eigenvalue weighted by molar-refractivity contribution is 7.98. The molecule has 0 aliphatic heterocycles. The second-order valence-electron chi connectivity index (χ2n) is 8.10. The zero-order chi connectivity index (χ0) is 21.8. The highest BCUT2D eigenvalue weighted by Crippen LogP contribution is 2.28. The van der Waals surface area contributed by atoms with Crippen molar-refractivity contribution in [1.82, 2.24) is 0 Å². The Kier molecular flexibility index (Phi) is 8.32. The molecule has 8 heteroatoms. The Morgan fingerprint density at radius 3 is 2.21 bits per heavy atom. The Morgan fingerprint density at radius 1 is 1.14 bits per heavy atom. The third-order valence-electron chi connectivity index (χ3n) is 4.45. The molecule has 0 spiro atoms. The topological polar surface area (TPSA) is 56.3 Å². The molecule has 1 rings (SSSR count). The van der Waals surface area contributed by atoms with Crippen molar-refractivity contribution in [3.05, 3.63) is 66.4 Å². The van der Waals surface area contributed by atoms with Gasteiger partial charge in [0.2, 0.25) is 21.1 Å². The zero-order valence-electron chi connectivity index (χ0n) is 17.8. The Balaban J connectivity index is 2.74. The smallest absolute Gasteiger partial charge is 0.369 e. The molecule has 28 heavy (non-hydrogen) atoms. The molecule has 1 aromatic heterocycles. The summed E-state index contributed by atoms with van der Waals surface area (Å²) < 4.78 is 5.85. The summed E-state index contributed by atoms with van der Waals surface area (Å²) in [5.74, 6) is 3.47. The van der Waals surface area contributed by atoms with Crippen molar-refractivity contribution in [2.24, 2.45) is 0 Å². The average Bonchev–Trinajstić information content (AvgIpc) is 2.96. The van der Waals surface area contributed by atoms with E-state index in [0.717, 1.165) is 11.5 Å². The van der Waals surface area contributed by atoms with Gasteiger partial charge in [-0.2, -0.15) is 0 Å². The van der Waals surface area contributed by atoms with E-state index in [1.165, 1.54) is 6.92 Å². The molecule has 2 unspecified atom stereocenters. The van der Waals surface area contributed by atoms with Crippen LogP contribution in [0.25, 0.3) is 0 Å². The number of nitrogens with zero attached hydrogens (tertiary/aromatic N) is 4. The predicted octanol–water partition coefficient (Wildman–Crippen LogP) is 3.47. The van der Waals surface area contributed by atoms with Gasteiger partial charge in [0.1, 0.15) is 12.3 Å². The lowest BCUT2D eigenvalue weighted by atomic mass is 10.3. The molecule has 2 atom stereocenters. The molecule has 7 nitrogen and oxygen atoms in total. The lowest BCUT2D eigenvalue weighted by Gasteiger charge is -2.36. The highest BCUT2D eigenvalue weighted by atomic mass is 32.2. The predicted molar refractivity (Wildman–Crippen MR) is 111 cm³/mol. The first kappa shape index (κ1) is 24.7. The molecule has 154 valence electrons. The maximum Gasteiger partial charge on any atom is 0.369 e. The minimum Gasteiger partial charge on any atom is -0.459 e. The molecule has 0 saturated heterocycles. The van der Waals surface area contributed by atoms with Gasteiger partial charge in [0.05, 0.1) is 52.0 Å². The molecule has 6 radical (unpaired) electrons. The summed E-state index contributed by atoms with van der Waals surface area (Å²) in [6.45, 7) is 4.92. The maximum atomic E-state index is 11.4. The third-order valence-corrected chi connectivity index (χ3v) is 5.41. The second kappa shape index (κ2) is 9.43. The van der Waals surface area contributed by atoms with E-state index in [-0.39, 0.29) is 14.7 Å². The molecular weight excluding hydrogens is 376 g/mol. The van der Waals surface area contributed by atoms with Crippen molar-refractivity contribution in [2.45, 2.75) is 26.1 Å². The van der Waals surface area contributed by atoms with Crippen molar-refractivity contribution in [2.75, 3.05) is 47.0 Å². The summed E-state index contributed by atoms with van der Waals surface area (Å²) in [6, 6.07) is 3.88. The number of allylic oxidation sites excluding steroid dienone is 1. The molecule has 0 N–H and O–H groups in total. The van der Waals surface area contributed by atoms with Crippen molar-refractivity contribution in [3.8, 4) is 0 Å². The Bertz CT molecular complexity index is 703. The second-order valence-corrected chi connectivity index (χ2v) is 9.20. The van der Waals surface area contributed by atoms with Crippen molar-refractivity contribution in [1.29, 1.82) is 0 Å². The molecule has 0 bridgehead atoms. The standard InChI is InChI=1S/C20H33N4O3S/c1-10-23(6,7)20(17(2)21(25)26)24(8,9)13-14-28-16-19-12-11-18(27-19)15-22(3,4)5/h3,6,8,11-12H,10,13-16H2,1-2,4-5,7,9H3/q+3/b20-17+. The number of nitro groups is 1. The van der Waals surface area contributed by atoms with Crippen LogP contribution in [-0.4, -0.2) is 65.4 Å². The van der Waals surface area contributed by atoms with Crippen molar-refractivity contribution in [3.63, 3.8) is 0 Å². The van der Waals surface area contributed by atoms with E-state index >= 15 is 0 Å². The van der Waals surface area contributed by atoms with Gasteiger partial charge in [-0.3, -0.25) is 10.1 Å². The summed E-state index contributed by atoms with van der Waals surface area (Å²) in [6.07, 6.45) is 0. The van der Waals surface area contributed by atoms with Crippen LogP contribution in [0.5, 0.6) is 0 Å². The summed E-state index contributed by atoms with van der Waals surface area (Å²) in [5, 5.41) is 11.4. The minimum atomic E-state index is -0.424. The van der Waals surface area contributed by atoms with E-state index in [2.05, 4.69) is 0 Å². The van der Waals surface area contributed by atoms with E-state index in [1.807, 2.05) is 33.2 Å². The zero-order valence-corrected chi connectivity index (χ0v) is 18.7. The fourth-order valence-corrected chi connectivity index (χ4v) is 4.02. The van der Waals surface area contributed by atoms with Crippen LogP contribution in [0.3, 0.4) is 0 Å². The fourth-order valence-electron chi connectivity index (χ4n) is 3.01. The molecule has 1 aromatic rings. The van der Waals surface area contributed by atoms with Crippen LogP contribution in [0.4, 0.5) is 0 Å². The van der Waals surface area contributed by atoms with Gasteiger partial charge in [0.15, 0.2) is 5.76 Å². The summed E-state index contributed by atoms with van der Waals surface area (Å²) >= 11 is 1.65. The Morgan fingerprint density at radius 2 is 1.71 bits per heavy atom. The van der Waals surface area contributed by atoms with Crippen LogP contribution in [-0.2, 0) is 12.3 Å². The summed E-state index contributed by atoms with van der Waals surface area (Å²) in [4.78, 5) is 10.9. The van der Waals surface area contributed by atoms with Crippen LogP contribution >= 0.6 is 11.8 Å². The molecular formula is C20H33N4O3S+3. The van der Waals surface area contributed by atoms with E-state index in [4.69, 9.17) is 25.6 Å². The van der Waals surface area contributed by atoms with E-state index < -0.39 is 4.92 Å². The van der Waals surface area contributed by atoms with Gasteiger partial charge in [-0.25, -0.2) is 8.97 Å². The number of quaternary nitrogens is 3. The van der Waals surface area contributed by atoms with Crippen LogP contribution < -0.4 is 0 Å². The van der Waals surface area contributed by atoms with Crippen molar-refractivity contribution >= 4 is 11.8 Å². The molecule has 1 heterocycles. The first-order valence-corrected chi connectivity index (χ1v) is 10.3. The lowest BCUT2D eigenvalue weighted by molar-refractivity contribution is -0.991. The van der Waals surface area contributed by atoms with Crippen LogP contribution in [0.15, 0.2) is 28.1 Å². The Hall–Kier alpha value is -1.35. The third kappa shape index (κ3) is 7.24. The normalized spacial score (nSPS) is 14.2. The van der Waals surface area contributed by atoms with E-state index in [0.29, 0.717) is 41.4 Å². The van der Waals surface area contributed by atoms with Gasteiger partial charge >= 0.3 is 11.5 Å². The number of hydrogen-bond acceptors (Lipinski definition) is 4. The molecule has 0 fully saturated rings. The van der Waals surface area contributed by atoms with Gasteiger partial charge in [-0.15, -0.1) is 11.8 Å². The largest absolute Gasteiger partial charge is 0.459 e. The first-order valence-electron chi connectivity index (χ1n) is 9.11. The summed E-state index contributed by atoms with van der Waals surface area (Å²) in [7, 11) is 25.9. The number of thioether (sulfide) groups is 1. The Labute approximate surface area is 174 Å². The quantitative estimate of drug-likeness (QED) is 0.243. The highest BCUT2D eigenvalue weighted by Gasteiger charge is 2.44. The van der Waals surface area contributed by atoms with Gasteiger partial charge in [0.25, 0.3) is 0 Å². The number of furan rings is 1. The monoisotopic (exact) mass is 409 g/mol. The molecule has 0 amide bonds. The first-order chi connectivity index (χ1) is 12.7. The van der Waals surface area contributed by atoms with Crippen molar-refractivity contribution < 1.29 is 22.8 Å². The van der Waals surface area contributed by atoms with Gasteiger partial charge < -0.3 is 8.90 Å². The lowest BCUT2D eigenvalue weighted by Crippen LogP contribution is -2.52. The molecule has 0 saturated carbocycles.